The Morgan fingerprint density at radius 3 is 2.52 bits per heavy atom. The lowest BCUT2D eigenvalue weighted by molar-refractivity contribution is -0.137. The van der Waals surface area contributed by atoms with E-state index in [2.05, 4.69) is 26.8 Å². The van der Waals surface area contributed by atoms with Crippen LogP contribution in [0.5, 0.6) is 0 Å². The third kappa shape index (κ3) is 4.18. The quantitative estimate of drug-likeness (QED) is 0.482. The smallest absolute Gasteiger partial charge is 0.0639 e. The highest BCUT2D eigenvalue weighted by Gasteiger charge is 2.53. The summed E-state index contributed by atoms with van der Waals surface area (Å²) in [7, 11) is 0. The van der Waals surface area contributed by atoms with Crippen molar-refractivity contribution in [2.24, 2.45) is 16.7 Å². The first kappa shape index (κ1) is 19.5. The van der Waals surface area contributed by atoms with Gasteiger partial charge in [-0.05, 0) is 56.3 Å². The third-order valence-corrected chi connectivity index (χ3v) is 8.25. The zero-order valence-electron chi connectivity index (χ0n) is 17.2. The molecule has 0 aromatic rings. The number of hydrogen-bond donors (Lipinski definition) is 0. The van der Waals surface area contributed by atoms with Crippen LogP contribution < -0.4 is 0 Å². The molecule has 1 aliphatic heterocycles. The Labute approximate surface area is 157 Å². The van der Waals surface area contributed by atoms with Crippen LogP contribution in [-0.4, -0.2) is 12.7 Å². The summed E-state index contributed by atoms with van der Waals surface area (Å²) in [6.45, 7) is 8.73. The SMILES string of the molecule is CC1CCCCCC(CC2=CCCC2)(C2CCCCCCO2)C1(C)C. The van der Waals surface area contributed by atoms with E-state index in [1.807, 2.05) is 0 Å². The van der Waals surface area contributed by atoms with E-state index in [9.17, 15) is 0 Å². The molecule has 2 aliphatic carbocycles. The van der Waals surface area contributed by atoms with E-state index in [1.54, 1.807) is 5.57 Å². The fourth-order valence-electron chi connectivity index (χ4n) is 6.08. The van der Waals surface area contributed by atoms with Crippen LogP contribution in [0.3, 0.4) is 0 Å². The van der Waals surface area contributed by atoms with Crippen molar-refractivity contribution in [3.8, 4) is 0 Å². The summed E-state index contributed by atoms with van der Waals surface area (Å²) in [5.74, 6) is 0.795. The summed E-state index contributed by atoms with van der Waals surface area (Å²) in [5, 5.41) is 0. The van der Waals surface area contributed by atoms with E-state index in [0.717, 1.165) is 12.5 Å². The molecule has 2 fully saturated rings. The topological polar surface area (TPSA) is 9.23 Å². The molecule has 3 atom stereocenters. The highest BCUT2D eigenvalue weighted by Crippen LogP contribution is 2.58. The van der Waals surface area contributed by atoms with Gasteiger partial charge in [-0.1, -0.05) is 77.4 Å². The molecule has 1 heteroatoms. The summed E-state index contributed by atoms with van der Waals surface area (Å²) in [5.41, 5.74) is 2.47. The minimum atomic E-state index is 0.348. The van der Waals surface area contributed by atoms with Gasteiger partial charge in [0.15, 0.2) is 0 Å². The van der Waals surface area contributed by atoms with Crippen LogP contribution in [-0.2, 0) is 4.74 Å². The van der Waals surface area contributed by atoms with Crippen molar-refractivity contribution < 1.29 is 4.74 Å². The van der Waals surface area contributed by atoms with Crippen molar-refractivity contribution in [3.63, 3.8) is 0 Å². The summed E-state index contributed by atoms with van der Waals surface area (Å²) < 4.78 is 6.69. The monoisotopic (exact) mass is 346 g/mol. The van der Waals surface area contributed by atoms with Crippen molar-refractivity contribution in [1.29, 1.82) is 0 Å². The Kier molecular flexibility index (Phi) is 6.69. The maximum atomic E-state index is 6.69. The molecule has 0 bridgehead atoms. The normalized spacial score (nSPS) is 37.5. The van der Waals surface area contributed by atoms with Crippen LogP contribution in [0.4, 0.5) is 0 Å². The highest BCUT2D eigenvalue weighted by atomic mass is 16.5. The maximum Gasteiger partial charge on any atom is 0.0639 e. The Morgan fingerprint density at radius 1 is 0.960 bits per heavy atom. The molecule has 0 radical (unpaired) electrons. The van der Waals surface area contributed by atoms with E-state index in [4.69, 9.17) is 4.74 Å². The Morgan fingerprint density at radius 2 is 1.72 bits per heavy atom. The molecule has 0 spiro atoms. The van der Waals surface area contributed by atoms with Gasteiger partial charge in [0.25, 0.3) is 0 Å². The van der Waals surface area contributed by atoms with Crippen LogP contribution in [0.1, 0.15) is 111 Å². The first-order valence-corrected chi connectivity index (χ1v) is 11.4. The first-order valence-electron chi connectivity index (χ1n) is 11.4. The predicted octanol–water partition coefficient (Wildman–Crippen LogP) is 7.45. The van der Waals surface area contributed by atoms with Gasteiger partial charge in [-0.15, -0.1) is 0 Å². The summed E-state index contributed by atoms with van der Waals surface area (Å²) in [6, 6.07) is 0. The van der Waals surface area contributed by atoms with Crippen LogP contribution in [0.25, 0.3) is 0 Å². The second kappa shape index (κ2) is 8.59. The Balaban J connectivity index is 1.95. The highest BCUT2D eigenvalue weighted by molar-refractivity contribution is 5.15. The molecule has 0 amide bonds. The summed E-state index contributed by atoms with van der Waals surface area (Å²) in [6.07, 6.45) is 22.2. The molecule has 1 heterocycles. The molecule has 0 aromatic heterocycles. The van der Waals surface area contributed by atoms with Gasteiger partial charge in [0.2, 0.25) is 0 Å². The second-order valence-corrected chi connectivity index (χ2v) is 9.87. The maximum absolute atomic E-state index is 6.69. The molecule has 144 valence electrons. The van der Waals surface area contributed by atoms with Crippen molar-refractivity contribution in [2.45, 2.75) is 117 Å². The molecular weight excluding hydrogens is 304 g/mol. The first-order chi connectivity index (χ1) is 12.1. The van der Waals surface area contributed by atoms with Gasteiger partial charge in [-0.3, -0.25) is 0 Å². The van der Waals surface area contributed by atoms with Gasteiger partial charge in [0.1, 0.15) is 0 Å². The number of hydrogen-bond acceptors (Lipinski definition) is 1. The second-order valence-electron chi connectivity index (χ2n) is 9.87. The van der Waals surface area contributed by atoms with Gasteiger partial charge in [-0.2, -0.15) is 0 Å². The zero-order chi connectivity index (χ0) is 17.8. The Hall–Kier alpha value is -0.300. The molecule has 3 aliphatic rings. The largest absolute Gasteiger partial charge is 0.378 e. The van der Waals surface area contributed by atoms with E-state index in [-0.39, 0.29) is 0 Å². The molecular formula is C24H42O. The number of ether oxygens (including phenoxy) is 1. The summed E-state index contributed by atoms with van der Waals surface area (Å²) >= 11 is 0. The standard InChI is InChI=1S/C24H42O/c1-20-13-7-6-11-17-24(23(20,2)3,19-21-14-9-10-15-21)22-16-8-4-5-12-18-25-22/h14,20,22H,4-13,15-19H2,1-3H3. The fraction of sp³-hybridized carbons (Fsp3) is 0.917. The molecule has 3 rings (SSSR count). The number of rotatable bonds is 3. The minimum Gasteiger partial charge on any atom is -0.378 e. The van der Waals surface area contributed by atoms with E-state index >= 15 is 0 Å². The van der Waals surface area contributed by atoms with Crippen LogP contribution in [0.2, 0.25) is 0 Å². The third-order valence-electron chi connectivity index (χ3n) is 8.25. The fourth-order valence-corrected chi connectivity index (χ4v) is 6.08. The van der Waals surface area contributed by atoms with E-state index in [0.29, 0.717) is 16.9 Å². The molecule has 3 unspecified atom stereocenters. The van der Waals surface area contributed by atoms with Crippen molar-refractivity contribution >= 4 is 0 Å². The molecule has 0 N–H and O–H groups in total. The molecule has 1 saturated heterocycles. The van der Waals surface area contributed by atoms with Crippen molar-refractivity contribution in [1.82, 2.24) is 0 Å². The zero-order valence-corrected chi connectivity index (χ0v) is 17.2. The van der Waals surface area contributed by atoms with Gasteiger partial charge in [0.05, 0.1) is 6.10 Å². The van der Waals surface area contributed by atoms with Crippen LogP contribution in [0, 0.1) is 16.7 Å². The van der Waals surface area contributed by atoms with Crippen LogP contribution in [0.15, 0.2) is 11.6 Å². The molecule has 1 nitrogen and oxygen atoms in total. The van der Waals surface area contributed by atoms with Gasteiger partial charge < -0.3 is 4.74 Å². The van der Waals surface area contributed by atoms with Gasteiger partial charge in [0, 0.05) is 12.0 Å². The van der Waals surface area contributed by atoms with Crippen molar-refractivity contribution in [2.75, 3.05) is 6.61 Å². The molecule has 1 saturated carbocycles. The lowest BCUT2D eigenvalue weighted by Crippen LogP contribution is -2.52. The Bertz CT molecular complexity index is 441. The van der Waals surface area contributed by atoms with Crippen LogP contribution >= 0.6 is 0 Å². The molecule has 25 heavy (non-hydrogen) atoms. The summed E-state index contributed by atoms with van der Waals surface area (Å²) in [4.78, 5) is 0. The minimum absolute atomic E-state index is 0.348. The molecule has 0 aromatic carbocycles. The predicted molar refractivity (Wildman–Crippen MR) is 108 cm³/mol. The van der Waals surface area contributed by atoms with Crippen molar-refractivity contribution in [3.05, 3.63) is 11.6 Å². The average molecular weight is 347 g/mol. The van der Waals surface area contributed by atoms with E-state index < -0.39 is 0 Å². The van der Waals surface area contributed by atoms with Gasteiger partial charge >= 0.3 is 0 Å². The van der Waals surface area contributed by atoms with E-state index in [1.165, 1.54) is 89.9 Å². The average Bonchev–Trinajstić information content (AvgIpc) is 3.05. The lowest BCUT2D eigenvalue weighted by atomic mass is 9.51. The van der Waals surface area contributed by atoms with Gasteiger partial charge in [-0.25, -0.2) is 0 Å². The number of allylic oxidation sites excluding steroid dienone is 2. The lowest BCUT2D eigenvalue weighted by Gasteiger charge is -2.56.